The van der Waals surface area contributed by atoms with Gasteiger partial charge in [-0.1, -0.05) is 97.7 Å². The van der Waals surface area contributed by atoms with Crippen molar-refractivity contribution in [2.45, 2.75) is 39.2 Å². The molecule has 0 heterocycles. The van der Waals surface area contributed by atoms with Gasteiger partial charge in [0.2, 0.25) is 0 Å². The predicted molar refractivity (Wildman–Crippen MR) is 148 cm³/mol. The van der Waals surface area contributed by atoms with Crippen LogP contribution in [0.15, 0.2) is 137 Å². The number of benzene rings is 1. The summed E-state index contributed by atoms with van der Waals surface area (Å²) >= 11 is 0. The van der Waals surface area contributed by atoms with E-state index in [9.17, 15) is 5.11 Å². The van der Waals surface area contributed by atoms with Crippen LogP contribution in [0.2, 0.25) is 0 Å². The number of hydrogen-bond donors (Lipinski definition) is 2. The molecule has 0 amide bonds. The molecule has 0 saturated heterocycles. The fourth-order valence-electron chi connectivity index (χ4n) is 4.27. The number of aliphatic hydroxyl groups excluding tert-OH is 2. The summed E-state index contributed by atoms with van der Waals surface area (Å²) in [5.41, 5.74) is 6.44. The highest BCUT2D eigenvalue weighted by Crippen LogP contribution is 2.40. The number of allylic oxidation sites excluding steroid dienone is 11. The van der Waals surface area contributed by atoms with Crippen molar-refractivity contribution in [1.82, 2.24) is 0 Å². The zero-order chi connectivity index (χ0) is 25.8. The van der Waals surface area contributed by atoms with Crippen molar-refractivity contribution in [3.8, 4) is 0 Å². The van der Waals surface area contributed by atoms with Crippen molar-refractivity contribution in [2.24, 2.45) is 0 Å². The van der Waals surface area contributed by atoms with Crippen LogP contribution in [0, 0.1) is 0 Å². The molecule has 1 aromatic carbocycles. The fourth-order valence-corrected chi connectivity index (χ4v) is 4.27. The standard InChI is InChI=1S/C31H34O2.CH4O/c1-6-28(29-20-19-23(3)21-25(22-32)24(29)4)30(7-2)33-31(5,27-17-13-10-14-18-27)26-15-11-8-9-12-16-26;1-2/h6-8,10-19,21,32H,1-2,9,20,22H2,3-5H3;2H,1H3/b30-28+;. The Morgan fingerprint density at radius 3 is 2.43 bits per heavy atom. The third kappa shape index (κ3) is 6.60. The van der Waals surface area contributed by atoms with Crippen LogP contribution in [0.5, 0.6) is 0 Å². The van der Waals surface area contributed by atoms with Gasteiger partial charge in [-0.2, -0.15) is 0 Å². The molecule has 2 aliphatic carbocycles. The third-order valence-electron chi connectivity index (χ3n) is 6.29. The maximum atomic E-state index is 9.96. The molecule has 0 radical (unpaired) electrons. The molecule has 2 N–H and O–H groups in total. The van der Waals surface area contributed by atoms with Gasteiger partial charge < -0.3 is 14.9 Å². The van der Waals surface area contributed by atoms with Gasteiger partial charge in [-0.3, -0.25) is 0 Å². The average Bonchev–Trinajstić information content (AvgIpc) is 3.26. The molecule has 35 heavy (non-hydrogen) atoms. The Bertz CT molecular complexity index is 1120. The number of rotatable bonds is 8. The number of ether oxygens (including phenoxy) is 1. The molecule has 0 bridgehead atoms. The van der Waals surface area contributed by atoms with Gasteiger partial charge in [-0.25, -0.2) is 0 Å². The summed E-state index contributed by atoms with van der Waals surface area (Å²) in [4.78, 5) is 0. The van der Waals surface area contributed by atoms with Crippen LogP contribution in [-0.2, 0) is 10.3 Å². The summed E-state index contributed by atoms with van der Waals surface area (Å²) in [5, 5.41) is 17.0. The lowest BCUT2D eigenvalue weighted by atomic mass is 9.86. The van der Waals surface area contributed by atoms with Crippen LogP contribution >= 0.6 is 0 Å². The molecule has 1 atom stereocenters. The molecule has 2 aliphatic rings. The lowest BCUT2D eigenvalue weighted by Gasteiger charge is -2.34. The van der Waals surface area contributed by atoms with Crippen LogP contribution in [0.3, 0.4) is 0 Å². The topological polar surface area (TPSA) is 49.7 Å². The molecule has 0 spiro atoms. The van der Waals surface area contributed by atoms with E-state index in [1.54, 1.807) is 6.08 Å². The maximum Gasteiger partial charge on any atom is 0.156 e. The Labute approximate surface area is 210 Å². The Morgan fingerprint density at radius 1 is 1.09 bits per heavy atom. The smallest absolute Gasteiger partial charge is 0.156 e. The highest BCUT2D eigenvalue weighted by atomic mass is 16.5. The minimum atomic E-state index is -0.731. The van der Waals surface area contributed by atoms with E-state index >= 15 is 0 Å². The van der Waals surface area contributed by atoms with Crippen LogP contribution in [0.25, 0.3) is 0 Å². The lowest BCUT2D eigenvalue weighted by Crippen LogP contribution is -2.28. The maximum absolute atomic E-state index is 9.96. The Morgan fingerprint density at radius 2 is 1.80 bits per heavy atom. The number of hydrogen-bond acceptors (Lipinski definition) is 3. The van der Waals surface area contributed by atoms with Crippen molar-refractivity contribution < 1.29 is 14.9 Å². The van der Waals surface area contributed by atoms with E-state index in [1.165, 1.54) is 0 Å². The van der Waals surface area contributed by atoms with Gasteiger partial charge in [0.25, 0.3) is 0 Å². The third-order valence-corrected chi connectivity index (χ3v) is 6.29. The molecule has 1 aromatic rings. The van der Waals surface area contributed by atoms with Crippen LogP contribution in [0.4, 0.5) is 0 Å². The molecule has 1 unspecified atom stereocenters. The summed E-state index contributed by atoms with van der Waals surface area (Å²) in [6.45, 7) is 14.4. The molecular weight excluding hydrogens is 432 g/mol. The predicted octanol–water partition coefficient (Wildman–Crippen LogP) is 7.18. The first-order valence-electron chi connectivity index (χ1n) is 11.9. The van der Waals surface area contributed by atoms with E-state index in [0.717, 1.165) is 59.0 Å². The molecule has 0 saturated carbocycles. The van der Waals surface area contributed by atoms with Crippen LogP contribution in [-0.4, -0.2) is 23.9 Å². The van der Waals surface area contributed by atoms with Gasteiger partial charge in [0.15, 0.2) is 5.60 Å². The van der Waals surface area contributed by atoms with E-state index in [0.29, 0.717) is 5.76 Å². The summed E-state index contributed by atoms with van der Waals surface area (Å²) in [5.74, 6) is 0.665. The van der Waals surface area contributed by atoms with Gasteiger partial charge in [0, 0.05) is 12.7 Å². The molecule has 184 valence electrons. The first-order valence-corrected chi connectivity index (χ1v) is 11.9. The molecule has 3 heteroatoms. The van der Waals surface area contributed by atoms with E-state index in [4.69, 9.17) is 9.84 Å². The van der Waals surface area contributed by atoms with Gasteiger partial charge in [-0.15, -0.1) is 0 Å². The zero-order valence-electron chi connectivity index (χ0n) is 21.4. The lowest BCUT2D eigenvalue weighted by molar-refractivity contribution is 0.0579. The number of aliphatic hydroxyl groups is 2. The van der Waals surface area contributed by atoms with Crippen molar-refractivity contribution >= 4 is 0 Å². The Kier molecular flexibility index (Phi) is 10.7. The summed E-state index contributed by atoms with van der Waals surface area (Å²) in [6.07, 6.45) is 20.0. The van der Waals surface area contributed by atoms with Crippen LogP contribution < -0.4 is 0 Å². The van der Waals surface area contributed by atoms with Crippen LogP contribution in [0.1, 0.15) is 39.2 Å². The van der Waals surface area contributed by atoms with E-state index in [-0.39, 0.29) is 6.61 Å². The highest BCUT2D eigenvalue weighted by molar-refractivity contribution is 5.55. The second-order valence-corrected chi connectivity index (χ2v) is 8.46. The molecule has 3 rings (SSSR count). The van der Waals surface area contributed by atoms with Crippen molar-refractivity contribution in [2.75, 3.05) is 13.7 Å². The first kappa shape index (κ1) is 27.8. The summed E-state index contributed by atoms with van der Waals surface area (Å²) in [6, 6.07) is 10.3. The quantitative estimate of drug-likeness (QED) is 0.312. The molecule has 0 aromatic heterocycles. The highest BCUT2D eigenvalue weighted by Gasteiger charge is 2.33. The molecule has 3 nitrogen and oxygen atoms in total. The normalized spacial score (nSPS) is 17.8. The van der Waals surface area contributed by atoms with Crippen molar-refractivity contribution in [1.29, 1.82) is 0 Å². The van der Waals surface area contributed by atoms with Crippen molar-refractivity contribution in [3.05, 3.63) is 143 Å². The molecule has 0 fully saturated rings. The fraction of sp³-hybridized carbons (Fsp3) is 0.250. The molecular formula is C32H38O3. The second kappa shape index (κ2) is 13.5. The minimum absolute atomic E-state index is 0.0129. The largest absolute Gasteiger partial charge is 0.478 e. The first-order chi connectivity index (χ1) is 16.9. The van der Waals surface area contributed by atoms with Gasteiger partial charge in [0.1, 0.15) is 5.76 Å². The van der Waals surface area contributed by atoms with Gasteiger partial charge in [0.05, 0.1) is 6.61 Å². The van der Waals surface area contributed by atoms with Gasteiger partial charge in [-0.05, 0) is 67.5 Å². The van der Waals surface area contributed by atoms with E-state index < -0.39 is 5.60 Å². The minimum Gasteiger partial charge on any atom is -0.478 e. The van der Waals surface area contributed by atoms with Crippen molar-refractivity contribution in [3.63, 3.8) is 0 Å². The van der Waals surface area contributed by atoms with E-state index in [1.807, 2.05) is 37.3 Å². The van der Waals surface area contributed by atoms with Gasteiger partial charge >= 0.3 is 0 Å². The Balaban J connectivity index is 0.00000210. The molecule has 0 aliphatic heterocycles. The second-order valence-electron chi connectivity index (χ2n) is 8.46. The Hall–Kier alpha value is -3.40. The summed E-state index contributed by atoms with van der Waals surface area (Å²) in [7, 11) is 1.00. The SMILES string of the molecule is C=C/C(OC(C)(C1=CC=CCC=C1)c1ccccc1)=C(/C=C)C1=C(C)C(CO)=CC(C)=CC1.CO. The van der Waals surface area contributed by atoms with E-state index in [2.05, 4.69) is 75.6 Å². The zero-order valence-corrected chi connectivity index (χ0v) is 21.4. The monoisotopic (exact) mass is 470 g/mol. The summed E-state index contributed by atoms with van der Waals surface area (Å²) < 4.78 is 6.86. The average molecular weight is 471 g/mol.